The van der Waals surface area contributed by atoms with E-state index in [4.69, 9.17) is 9.47 Å². The predicted molar refractivity (Wildman–Crippen MR) is 84.8 cm³/mol. The second-order valence-corrected chi connectivity index (χ2v) is 6.44. The Balaban J connectivity index is 1.43. The molecule has 0 N–H and O–H groups in total. The molecule has 2 heterocycles. The molecule has 23 heavy (non-hydrogen) atoms. The lowest BCUT2D eigenvalue weighted by atomic mass is 9.97. The number of amides is 1. The molecule has 0 radical (unpaired) electrons. The van der Waals surface area contributed by atoms with Gasteiger partial charge in [0.25, 0.3) is 0 Å². The predicted octanol–water partition coefficient (Wildman–Crippen LogP) is 3.01. The molecule has 0 saturated carbocycles. The highest BCUT2D eigenvalue weighted by molar-refractivity contribution is 5.76. The molecule has 0 unspecified atom stereocenters. The number of likely N-dealkylation sites (tertiary alicyclic amines) is 1. The lowest BCUT2D eigenvalue weighted by Crippen LogP contribution is -2.42. The number of halogens is 1. The van der Waals surface area contributed by atoms with E-state index in [-0.39, 0.29) is 17.8 Å². The quantitative estimate of drug-likeness (QED) is 0.856. The molecule has 0 bridgehead atoms. The fraction of sp³-hybridized carbons (Fsp3) is 0.611. The largest absolute Gasteiger partial charge is 0.490 e. The van der Waals surface area contributed by atoms with Gasteiger partial charge in [0.2, 0.25) is 5.91 Å². The number of rotatable bonds is 4. The first kappa shape index (κ1) is 16.2. The first-order valence-corrected chi connectivity index (χ1v) is 8.48. The van der Waals surface area contributed by atoms with Crippen LogP contribution in [0.1, 0.15) is 32.1 Å². The summed E-state index contributed by atoms with van der Waals surface area (Å²) in [5.41, 5.74) is 0. The molecule has 2 fully saturated rings. The van der Waals surface area contributed by atoms with Gasteiger partial charge in [0.1, 0.15) is 17.7 Å². The number of carbonyl (C=O) groups excluding carboxylic acids is 1. The van der Waals surface area contributed by atoms with Gasteiger partial charge in [0, 0.05) is 51.6 Å². The Morgan fingerprint density at radius 2 is 2.13 bits per heavy atom. The number of hydrogen-bond donors (Lipinski definition) is 0. The van der Waals surface area contributed by atoms with Crippen molar-refractivity contribution in [3.05, 3.63) is 30.1 Å². The molecule has 4 nitrogen and oxygen atoms in total. The molecule has 126 valence electrons. The number of hydrogen-bond acceptors (Lipinski definition) is 3. The molecule has 5 heteroatoms. The van der Waals surface area contributed by atoms with E-state index in [2.05, 4.69) is 0 Å². The number of ether oxygens (including phenoxy) is 2. The molecular formula is C18H24FNO3. The van der Waals surface area contributed by atoms with Crippen molar-refractivity contribution in [3.63, 3.8) is 0 Å². The third kappa shape index (κ3) is 4.67. The minimum absolute atomic E-state index is 0.0545. The van der Waals surface area contributed by atoms with Gasteiger partial charge in [-0.25, -0.2) is 4.39 Å². The molecule has 2 saturated heterocycles. The van der Waals surface area contributed by atoms with Crippen LogP contribution >= 0.6 is 0 Å². The van der Waals surface area contributed by atoms with Gasteiger partial charge < -0.3 is 14.4 Å². The van der Waals surface area contributed by atoms with Crippen LogP contribution < -0.4 is 4.74 Å². The topological polar surface area (TPSA) is 38.8 Å². The molecule has 1 aromatic rings. The van der Waals surface area contributed by atoms with Crippen LogP contribution in [0.4, 0.5) is 4.39 Å². The molecule has 1 amide bonds. The van der Waals surface area contributed by atoms with Gasteiger partial charge in [-0.15, -0.1) is 0 Å². The van der Waals surface area contributed by atoms with Crippen LogP contribution in [0.5, 0.6) is 5.75 Å². The van der Waals surface area contributed by atoms with Gasteiger partial charge in [-0.2, -0.15) is 0 Å². The van der Waals surface area contributed by atoms with Crippen molar-refractivity contribution >= 4 is 5.91 Å². The average Bonchev–Trinajstić information content (AvgIpc) is 2.56. The van der Waals surface area contributed by atoms with E-state index < -0.39 is 0 Å². The van der Waals surface area contributed by atoms with Crippen LogP contribution in [-0.4, -0.2) is 43.2 Å². The van der Waals surface area contributed by atoms with Crippen LogP contribution in [0.3, 0.4) is 0 Å². The Morgan fingerprint density at radius 1 is 1.30 bits per heavy atom. The van der Waals surface area contributed by atoms with Gasteiger partial charge in [-0.3, -0.25) is 4.79 Å². The molecule has 0 aliphatic carbocycles. The van der Waals surface area contributed by atoms with Crippen molar-refractivity contribution in [1.82, 2.24) is 4.90 Å². The van der Waals surface area contributed by atoms with Crippen LogP contribution in [0, 0.1) is 11.7 Å². The number of nitrogens with zero attached hydrogens (tertiary/aromatic N) is 1. The summed E-state index contributed by atoms with van der Waals surface area (Å²) in [7, 11) is 0. The summed E-state index contributed by atoms with van der Waals surface area (Å²) in [4.78, 5) is 14.3. The molecule has 0 spiro atoms. The molecule has 3 rings (SSSR count). The standard InChI is InChI=1S/C18H24FNO3/c19-15-4-1-5-17(12-15)23-16-6-8-20(9-7-16)18(21)11-14-3-2-10-22-13-14/h1,4-5,12,14,16H,2-3,6-11,13H2/t14-/m0/s1. The summed E-state index contributed by atoms with van der Waals surface area (Å²) in [6.07, 6.45) is 4.38. The van der Waals surface area contributed by atoms with E-state index in [1.165, 1.54) is 12.1 Å². The molecular weight excluding hydrogens is 297 g/mol. The number of piperidine rings is 1. The van der Waals surface area contributed by atoms with E-state index >= 15 is 0 Å². The lowest BCUT2D eigenvalue weighted by molar-refractivity contribution is -0.135. The summed E-state index contributed by atoms with van der Waals surface area (Å²) < 4.78 is 24.4. The summed E-state index contributed by atoms with van der Waals surface area (Å²) in [5.74, 6) is 0.876. The van der Waals surface area contributed by atoms with Crippen molar-refractivity contribution in [2.75, 3.05) is 26.3 Å². The highest BCUT2D eigenvalue weighted by Gasteiger charge is 2.26. The Kier molecular flexibility index (Phi) is 5.49. The second-order valence-electron chi connectivity index (χ2n) is 6.44. The fourth-order valence-electron chi connectivity index (χ4n) is 3.30. The minimum atomic E-state index is -0.287. The maximum Gasteiger partial charge on any atom is 0.222 e. The van der Waals surface area contributed by atoms with Crippen molar-refractivity contribution in [2.24, 2.45) is 5.92 Å². The van der Waals surface area contributed by atoms with Crippen LogP contribution in [0.2, 0.25) is 0 Å². The van der Waals surface area contributed by atoms with Crippen LogP contribution in [0.25, 0.3) is 0 Å². The lowest BCUT2D eigenvalue weighted by Gasteiger charge is -2.33. The van der Waals surface area contributed by atoms with Crippen molar-refractivity contribution in [3.8, 4) is 5.75 Å². The maximum absolute atomic E-state index is 13.2. The monoisotopic (exact) mass is 321 g/mol. The van der Waals surface area contributed by atoms with Gasteiger partial charge in [0.15, 0.2) is 0 Å². The van der Waals surface area contributed by atoms with Crippen molar-refractivity contribution < 1.29 is 18.7 Å². The molecule has 2 aliphatic rings. The first-order valence-electron chi connectivity index (χ1n) is 8.48. The van der Waals surface area contributed by atoms with E-state index in [0.717, 1.165) is 32.3 Å². The summed E-state index contributed by atoms with van der Waals surface area (Å²) >= 11 is 0. The summed E-state index contributed by atoms with van der Waals surface area (Å²) in [6, 6.07) is 6.23. The van der Waals surface area contributed by atoms with Crippen molar-refractivity contribution in [1.29, 1.82) is 0 Å². The Morgan fingerprint density at radius 3 is 2.83 bits per heavy atom. The molecule has 1 aromatic carbocycles. The Hall–Kier alpha value is -1.62. The van der Waals surface area contributed by atoms with E-state index in [0.29, 0.717) is 37.8 Å². The van der Waals surface area contributed by atoms with Gasteiger partial charge in [-0.05, 0) is 30.9 Å². The highest BCUT2D eigenvalue weighted by atomic mass is 19.1. The second kappa shape index (κ2) is 7.77. The Labute approximate surface area is 136 Å². The SMILES string of the molecule is O=C(C[C@@H]1CCCOC1)N1CCC(Oc2cccc(F)c2)CC1. The van der Waals surface area contributed by atoms with E-state index in [1.54, 1.807) is 12.1 Å². The van der Waals surface area contributed by atoms with Crippen LogP contribution in [-0.2, 0) is 9.53 Å². The minimum Gasteiger partial charge on any atom is -0.490 e. The smallest absolute Gasteiger partial charge is 0.222 e. The summed E-state index contributed by atoms with van der Waals surface area (Å²) in [6.45, 7) is 2.97. The molecule has 2 aliphatic heterocycles. The van der Waals surface area contributed by atoms with Crippen LogP contribution in [0.15, 0.2) is 24.3 Å². The van der Waals surface area contributed by atoms with Crippen molar-refractivity contribution in [2.45, 2.75) is 38.2 Å². The summed E-state index contributed by atoms with van der Waals surface area (Å²) in [5, 5.41) is 0. The zero-order valence-corrected chi connectivity index (χ0v) is 13.4. The number of carbonyl (C=O) groups is 1. The van der Waals surface area contributed by atoms with Gasteiger partial charge in [-0.1, -0.05) is 6.07 Å². The zero-order chi connectivity index (χ0) is 16.1. The maximum atomic E-state index is 13.2. The molecule has 1 atom stereocenters. The van der Waals surface area contributed by atoms with E-state index in [9.17, 15) is 9.18 Å². The fourth-order valence-corrected chi connectivity index (χ4v) is 3.30. The normalized spacial score (nSPS) is 22.8. The average molecular weight is 321 g/mol. The van der Waals surface area contributed by atoms with Gasteiger partial charge >= 0.3 is 0 Å². The molecule has 0 aromatic heterocycles. The number of benzene rings is 1. The van der Waals surface area contributed by atoms with Gasteiger partial charge in [0.05, 0.1) is 0 Å². The van der Waals surface area contributed by atoms with E-state index in [1.807, 2.05) is 4.90 Å². The zero-order valence-electron chi connectivity index (χ0n) is 13.4. The third-order valence-electron chi connectivity index (χ3n) is 4.61. The first-order chi connectivity index (χ1) is 11.2. The third-order valence-corrected chi connectivity index (χ3v) is 4.61. The highest BCUT2D eigenvalue weighted by Crippen LogP contribution is 2.22. The Bertz CT molecular complexity index is 523.